The maximum Gasteiger partial charge on any atom is 0.244 e. The zero-order valence-electron chi connectivity index (χ0n) is 21.2. The summed E-state index contributed by atoms with van der Waals surface area (Å²) in [7, 11) is -2.49. The van der Waals surface area contributed by atoms with Crippen LogP contribution in [0.4, 0.5) is 10.1 Å². The molecule has 2 aromatic carbocycles. The van der Waals surface area contributed by atoms with E-state index in [0.717, 1.165) is 42.7 Å². The molecule has 1 unspecified atom stereocenters. The van der Waals surface area contributed by atoms with Crippen molar-refractivity contribution in [2.45, 2.75) is 57.7 Å². The first kappa shape index (κ1) is 28.7. The molecule has 2 amide bonds. The van der Waals surface area contributed by atoms with Gasteiger partial charge in [0.1, 0.15) is 24.2 Å². The number of carbonyl (C=O) groups excluding carboxylic acids is 2. The van der Waals surface area contributed by atoms with Gasteiger partial charge in [0.25, 0.3) is 0 Å². The molecule has 0 bridgehead atoms. The molecule has 1 saturated carbocycles. The monoisotopic (exact) mass is 553 g/mol. The Bertz CT molecular complexity index is 1220. The Balaban J connectivity index is 1.90. The van der Waals surface area contributed by atoms with Crippen LogP contribution in [0, 0.1) is 5.82 Å². The lowest BCUT2D eigenvalue weighted by molar-refractivity contribution is -0.139. The molecule has 8 nitrogen and oxygen atoms in total. The van der Waals surface area contributed by atoms with Gasteiger partial charge in [0.2, 0.25) is 21.8 Å². The fraction of sp³-hybridized carbons (Fsp3) is 0.462. The van der Waals surface area contributed by atoms with E-state index < -0.39 is 34.3 Å². The van der Waals surface area contributed by atoms with E-state index in [-0.39, 0.29) is 34.8 Å². The summed E-state index contributed by atoms with van der Waals surface area (Å²) in [6.45, 7) is 0.759. The number of amides is 2. The third kappa shape index (κ3) is 7.58. The van der Waals surface area contributed by atoms with Gasteiger partial charge >= 0.3 is 0 Å². The van der Waals surface area contributed by atoms with E-state index >= 15 is 0 Å². The van der Waals surface area contributed by atoms with Crippen LogP contribution < -0.4 is 14.4 Å². The zero-order valence-corrected chi connectivity index (χ0v) is 22.8. The highest BCUT2D eigenvalue weighted by Gasteiger charge is 2.31. The number of nitrogens with zero attached hydrogens (tertiary/aromatic N) is 2. The van der Waals surface area contributed by atoms with Crippen LogP contribution in [0.3, 0.4) is 0 Å². The smallest absolute Gasteiger partial charge is 0.244 e. The van der Waals surface area contributed by atoms with Gasteiger partial charge in [0, 0.05) is 18.2 Å². The van der Waals surface area contributed by atoms with Crippen molar-refractivity contribution >= 4 is 39.1 Å². The van der Waals surface area contributed by atoms with Crippen molar-refractivity contribution in [1.82, 2.24) is 10.2 Å². The fourth-order valence-corrected chi connectivity index (χ4v) is 5.48. The van der Waals surface area contributed by atoms with Crippen LogP contribution in [-0.4, -0.2) is 57.1 Å². The minimum Gasteiger partial charge on any atom is -0.495 e. The number of benzene rings is 2. The van der Waals surface area contributed by atoms with E-state index in [1.807, 2.05) is 0 Å². The number of hydrogen-bond acceptors (Lipinski definition) is 5. The second-order valence-electron chi connectivity index (χ2n) is 9.22. The topological polar surface area (TPSA) is 96.0 Å². The molecular weight excluding hydrogens is 521 g/mol. The van der Waals surface area contributed by atoms with Crippen LogP contribution in [0.2, 0.25) is 5.02 Å². The minimum atomic E-state index is -3.92. The lowest BCUT2D eigenvalue weighted by Gasteiger charge is -2.33. The van der Waals surface area contributed by atoms with Crippen LogP contribution in [0.25, 0.3) is 0 Å². The molecule has 1 N–H and O–H groups in total. The van der Waals surface area contributed by atoms with Gasteiger partial charge in [-0.05, 0) is 44.0 Å². The normalized spacial score (nSPS) is 15.1. The van der Waals surface area contributed by atoms with Crippen molar-refractivity contribution in [2.75, 3.05) is 24.2 Å². The number of ether oxygens (including phenoxy) is 1. The molecule has 0 spiro atoms. The molecule has 1 aliphatic carbocycles. The van der Waals surface area contributed by atoms with Crippen molar-refractivity contribution in [3.8, 4) is 5.75 Å². The second-order valence-corrected chi connectivity index (χ2v) is 11.5. The van der Waals surface area contributed by atoms with E-state index in [1.165, 1.54) is 48.4 Å². The summed E-state index contributed by atoms with van der Waals surface area (Å²) in [6.07, 6.45) is 5.85. The zero-order chi connectivity index (χ0) is 27.2. The fourth-order valence-electron chi connectivity index (χ4n) is 4.39. The highest BCUT2D eigenvalue weighted by Crippen LogP contribution is 2.30. The maximum absolute atomic E-state index is 14.5. The highest BCUT2D eigenvalue weighted by atomic mass is 35.5. The Labute approximate surface area is 222 Å². The Morgan fingerprint density at radius 1 is 1.16 bits per heavy atom. The van der Waals surface area contributed by atoms with Crippen LogP contribution in [-0.2, 0) is 26.2 Å². The number of nitrogens with one attached hydrogen (secondary N) is 1. The highest BCUT2D eigenvalue weighted by molar-refractivity contribution is 7.92. The largest absolute Gasteiger partial charge is 0.495 e. The van der Waals surface area contributed by atoms with E-state index in [2.05, 4.69) is 5.32 Å². The SMILES string of the molecule is COc1ccc(N(CC(=O)N(Cc2ccccc2F)C(C)C(=O)NC2CCCCC2)S(C)(=O)=O)cc1Cl. The van der Waals surface area contributed by atoms with Crippen molar-refractivity contribution in [2.24, 2.45) is 0 Å². The van der Waals surface area contributed by atoms with Gasteiger partial charge < -0.3 is 15.0 Å². The second kappa shape index (κ2) is 12.6. The van der Waals surface area contributed by atoms with Crippen molar-refractivity contribution < 1.29 is 27.1 Å². The van der Waals surface area contributed by atoms with Crippen LogP contribution in [0.1, 0.15) is 44.6 Å². The van der Waals surface area contributed by atoms with Crippen molar-refractivity contribution in [3.63, 3.8) is 0 Å². The van der Waals surface area contributed by atoms with Crippen molar-refractivity contribution in [1.29, 1.82) is 0 Å². The Kier molecular flexibility index (Phi) is 9.78. The van der Waals surface area contributed by atoms with Gasteiger partial charge in [-0.2, -0.15) is 0 Å². The predicted molar refractivity (Wildman–Crippen MR) is 142 cm³/mol. The molecule has 1 atom stereocenters. The number of halogens is 2. The third-order valence-corrected chi connectivity index (χ3v) is 7.96. The molecule has 0 aliphatic heterocycles. The van der Waals surface area contributed by atoms with Gasteiger partial charge in [0.05, 0.1) is 24.1 Å². The molecule has 2 aromatic rings. The number of anilines is 1. The molecular formula is C26H33ClFN3O5S. The maximum atomic E-state index is 14.5. The molecule has 11 heteroatoms. The van der Waals surface area contributed by atoms with Crippen LogP contribution >= 0.6 is 11.6 Å². The molecule has 37 heavy (non-hydrogen) atoms. The Hall–Kier alpha value is -2.85. The number of methoxy groups -OCH3 is 1. The van der Waals surface area contributed by atoms with Gasteiger partial charge in [-0.3, -0.25) is 13.9 Å². The molecule has 3 rings (SSSR count). The summed E-state index contributed by atoms with van der Waals surface area (Å²) in [4.78, 5) is 27.9. The van der Waals surface area contributed by atoms with Crippen LogP contribution in [0.15, 0.2) is 42.5 Å². The average Bonchev–Trinajstić information content (AvgIpc) is 2.86. The summed E-state index contributed by atoms with van der Waals surface area (Å²) in [5.41, 5.74) is 0.373. The molecule has 0 radical (unpaired) electrons. The average molecular weight is 554 g/mol. The third-order valence-electron chi connectivity index (χ3n) is 6.52. The quantitative estimate of drug-likeness (QED) is 0.477. The summed E-state index contributed by atoms with van der Waals surface area (Å²) in [6, 6.07) is 9.37. The first-order chi connectivity index (χ1) is 17.5. The molecule has 1 fully saturated rings. The summed E-state index contributed by atoms with van der Waals surface area (Å²) in [5.74, 6) is -1.21. The first-order valence-electron chi connectivity index (χ1n) is 12.2. The number of sulfonamides is 1. The summed E-state index contributed by atoms with van der Waals surface area (Å²) < 4.78 is 45.9. The lowest BCUT2D eigenvalue weighted by atomic mass is 9.95. The van der Waals surface area contributed by atoms with Gasteiger partial charge in [-0.25, -0.2) is 12.8 Å². The summed E-state index contributed by atoms with van der Waals surface area (Å²) >= 11 is 6.20. The van der Waals surface area contributed by atoms with Crippen molar-refractivity contribution in [3.05, 3.63) is 58.9 Å². The lowest BCUT2D eigenvalue weighted by Crippen LogP contribution is -2.53. The van der Waals surface area contributed by atoms with Gasteiger partial charge in [0.15, 0.2) is 0 Å². The Morgan fingerprint density at radius 2 is 1.84 bits per heavy atom. The van der Waals surface area contributed by atoms with E-state index in [9.17, 15) is 22.4 Å². The first-order valence-corrected chi connectivity index (χ1v) is 14.4. The predicted octanol–water partition coefficient (Wildman–Crippen LogP) is 4.12. The molecule has 0 saturated heterocycles. The Morgan fingerprint density at radius 3 is 2.43 bits per heavy atom. The van der Waals surface area contributed by atoms with E-state index in [4.69, 9.17) is 16.3 Å². The summed E-state index contributed by atoms with van der Waals surface area (Å²) in [5, 5.41) is 3.17. The van der Waals surface area contributed by atoms with Gasteiger partial charge in [-0.15, -0.1) is 0 Å². The van der Waals surface area contributed by atoms with Crippen LogP contribution in [0.5, 0.6) is 5.75 Å². The standard InChI is InChI=1S/C26H33ClFN3O5S/c1-18(26(33)29-20-10-5-4-6-11-20)30(16-19-9-7-8-12-23(19)28)25(32)17-31(37(3,34)35)21-13-14-24(36-2)22(27)15-21/h7-9,12-15,18,20H,4-6,10-11,16-17H2,1-3H3,(H,29,33). The molecule has 0 aromatic heterocycles. The number of rotatable bonds is 10. The van der Waals surface area contributed by atoms with Gasteiger partial charge in [-0.1, -0.05) is 49.1 Å². The number of hydrogen-bond donors (Lipinski definition) is 1. The minimum absolute atomic E-state index is 0.0167. The molecule has 202 valence electrons. The molecule has 1 aliphatic rings. The van der Waals surface area contributed by atoms with E-state index in [0.29, 0.717) is 5.75 Å². The molecule has 0 heterocycles. The number of carbonyl (C=O) groups is 2. The van der Waals surface area contributed by atoms with E-state index in [1.54, 1.807) is 13.0 Å².